The molecular formula is C11H16N2O2S. The van der Waals surface area contributed by atoms with E-state index < -0.39 is 10.0 Å². The summed E-state index contributed by atoms with van der Waals surface area (Å²) in [6.07, 6.45) is 2.04. The highest BCUT2D eigenvalue weighted by Crippen LogP contribution is 2.31. The Morgan fingerprint density at radius 2 is 2.12 bits per heavy atom. The van der Waals surface area contributed by atoms with Crippen LogP contribution in [-0.2, 0) is 10.0 Å². The quantitative estimate of drug-likeness (QED) is 0.787. The Hall–Kier alpha value is -1.23. The Labute approximate surface area is 95.9 Å². The van der Waals surface area contributed by atoms with E-state index in [4.69, 9.17) is 5.73 Å². The van der Waals surface area contributed by atoms with Crippen LogP contribution in [0, 0.1) is 12.8 Å². The first kappa shape index (κ1) is 11.3. The number of nitrogen functional groups attached to an aromatic ring is 1. The van der Waals surface area contributed by atoms with Crippen LogP contribution >= 0.6 is 0 Å². The number of anilines is 2. The molecule has 1 saturated carbocycles. The third kappa shape index (κ3) is 2.88. The summed E-state index contributed by atoms with van der Waals surface area (Å²) in [4.78, 5) is 0. The minimum absolute atomic E-state index is 0.209. The Morgan fingerprint density at radius 1 is 1.44 bits per heavy atom. The highest BCUT2D eigenvalue weighted by molar-refractivity contribution is 7.92. The summed E-state index contributed by atoms with van der Waals surface area (Å²) >= 11 is 0. The van der Waals surface area contributed by atoms with Crippen LogP contribution < -0.4 is 10.5 Å². The van der Waals surface area contributed by atoms with Gasteiger partial charge in [-0.3, -0.25) is 4.72 Å². The van der Waals surface area contributed by atoms with Crippen molar-refractivity contribution >= 4 is 21.4 Å². The lowest BCUT2D eigenvalue weighted by Gasteiger charge is -2.10. The largest absolute Gasteiger partial charge is 0.397 e. The molecule has 2 rings (SSSR count). The molecule has 1 fully saturated rings. The lowest BCUT2D eigenvalue weighted by molar-refractivity contribution is 0.597. The van der Waals surface area contributed by atoms with E-state index >= 15 is 0 Å². The summed E-state index contributed by atoms with van der Waals surface area (Å²) in [6.45, 7) is 1.92. The predicted octanol–water partition coefficient (Wildman–Crippen LogP) is 1.73. The second kappa shape index (κ2) is 3.97. The Balaban J connectivity index is 2.13. The molecule has 1 aromatic rings. The van der Waals surface area contributed by atoms with Crippen LogP contribution in [0.5, 0.6) is 0 Å². The fraction of sp³-hybridized carbons (Fsp3) is 0.455. The molecule has 0 aliphatic heterocycles. The van der Waals surface area contributed by atoms with E-state index in [2.05, 4.69) is 4.72 Å². The molecule has 0 radical (unpaired) electrons. The van der Waals surface area contributed by atoms with Crippen molar-refractivity contribution < 1.29 is 8.42 Å². The van der Waals surface area contributed by atoms with Crippen LogP contribution in [-0.4, -0.2) is 14.2 Å². The fourth-order valence-corrected chi connectivity index (χ4v) is 3.14. The number of rotatable bonds is 4. The summed E-state index contributed by atoms with van der Waals surface area (Å²) in [5.74, 6) is 0.546. The first-order valence-corrected chi connectivity index (χ1v) is 6.98. The van der Waals surface area contributed by atoms with Crippen molar-refractivity contribution in [2.45, 2.75) is 19.8 Å². The van der Waals surface area contributed by atoms with Crippen molar-refractivity contribution in [3.63, 3.8) is 0 Å². The van der Waals surface area contributed by atoms with Gasteiger partial charge >= 0.3 is 0 Å². The smallest absolute Gasteiger partial charge is 0.233 e. The third-order valence-corrected chi connectivity index (χ3v) is 4.07. The monoisotopic (exact) mass is 240 g/mol. The second-order valence-corrected chi connectivity index (χ2v) is 6.18. The van der Waals surface area contributed by atoms with Gasteiger partial charge in [0, 0.05) is 0 Å². The molecule has 4 nitrogen and oxygen atoms in total. The fourth-order valence-electron chi connectivity index (χ4n) is 1.58. The van der Waals surface area contributed by atoms with Gasteiger partial charge in [0.2, 0.25) is 10.0 Å². The molecule has 0 saturated heterocycles. The second-order valence-electron chi connectivity index (χ2n) is 4.42. The maximum Gasteiger partial charge on any atom is 0.233 e. The van der Waals surface area contributed by atoms with E-state index in [1.54, 1.807) is 12.1 Å². The molecule has 0 aromatic heterocycles. The van der Waals surface area contributed by atoms with Gasteiger partial charge in [-0.25, -0.2) is 8.42 Å². The van der Waals surface area contributed by atoms with E-state index in [0.29, 0.717) is 17.3 Å². The van der Waals surface area contributed by atoms with Crippen LogP contribution in [0.1, 0.15) is 18.4 Å². The summed E-state index contributed by atoms with van der Waals surface area (Å²) in [5.41, 5.74) is 7.71. The molecule has 0 spiro atoms. The van der Waals surface area contributed by atoms with Crippen LogP contribution in [0.3, 0.4) is 0 Å². The first-order chi connectivity index (χ1) is 7.46. The van der Waals surface area contributed by atoms with Crippen molar-refractivity contribution in [1.82, 2.24) is 0 Å². The number of aryl methyl sites for hydroxylation is 1. The first-order valence-electron chi connectivity index (χ1n) is 5.33. The average molecular weight is 240 g/mol. The van der Waals surface area contributed by atoms with Crippen molar-refractivity contribution in [3.8, 4) is 0 Å². The molecule has 0 bridgehead atoms. The number of benzene rings is 1. The summed E-state index contributed by atoms with van der Waals surface area (Å²) in [6, 6.07) is 5.30. The van der Waals surface area contributed by atoms with Gasteiger partial charge in [-0.2, -0.15) is 0 Å². The molecule has 5 heteroatoms. The normalized spacial score (nSPS) is 16.1. The molecule has 0 unspecified atom stereocenters. The van der Waals surface area contributed by atoms with E-state index in [1.807, 2.05) is 13.0 Å². The standard InChI is InChI=1S/C11H16N2O2S/c1-8-2-5-11(10(12)6-8)13-16(14,15)7-9-3-4-9/h2,5-6,9,13H,3-4,7,12H2,1H3. The van der Waals surface area contributed by atoms with Crippen molar-refractivity contribution in [2.75, 3.05) is 16.2 Å². The van der Waals surface area contributed by atoms with Gasteiger partial charge in [0.1, 0.15) is 0 Å². The van der Waals surface area contributed by atoms with Gasteiger partial charge in [0.15, 0.2) is 0 Å². The predicted molar refractivity (Wildman–Crippen MR) is 65.7 cm³/mol. The summed E-state index contributed by atoms with van der Waals surface area (Å²) in [5, 5.41) is 0. The topological polar surface area (TPSA) is 72.2 Å². The molecule has 16 heavy (non-hydrogen) atoms. The molecule has 0 atom stereocenters. The number of nitrogens with two attached hydrogens (primary N) is 1. The minimum atomic E-state index is -3.24. The highest BCUT2D eigenvalue weighted by Gasteiger charge is 2.28. The van der Waals surface area contributed by atoms with E-state index in [9.17, 15) is 8.42 Å². The van der Waals surface area contributed by atoms with Crippen LogP contribution in [0.4, 0.5) is 11.4 Å². The van der Waals surface area contributed by atoms with Gasteiger partial charge in [-0.1, -0.05) is 6.07 Å². The van der Waals surface area contributed by atoms with E-state index in [-0.39, 0.29) is 5.75 Å². The third-order valence-electron chi connectivity index (χ3n) is 2.62. The molecular weight excluding hydrogens is 224 g/mol. The SMILES string of the molecule is Cc1ccc(NS(=O)(=O)CC2CC2)c(N)c1. The van der Waals surface area contributed by atoms with Gasteiger partial charge in [-0.15, -0.1) is 0 Å². The van der Waals surface area contributed by atoms with Gasteiger partial charge < -0.3 is 5.73 Å². The van der Waals surface area contributed by atoms with Crippen LogP contribution in [0.2, 0.25) is 0 Å². The zero-order valence-corrected chi connectivity index (χ0v) is 10.0. The summed E-state index contributed by atoms with van der Waals surface area (Å²) < 4.78 is 26.0. The minimum Gasteiger partial charge on any atom is -0.397 e. The molecule has 1 aromatic carbocycles. The van der Waals surface area contributed by atoms with Crippen molar-refractivity contribution in [2.24, 2.45) is 5.92 Å². The van der Waals surface area contributed by atoms with Crippen molar-refractivity contribution in [1.29, 1.82) is 0 Å². The Bertz CT molecular complexity index is 493. The van der Waals surface area contributed by atoms with Crippen molar-refractivity contribution in [3.05, 3.63) is 23.8 Å². The van der Waals surface area contributed by atoms with Crippen LogP contribution in [0.15, 0.2) is 18.2 Å². The lowest BCUT2D eigenvalue weighted by Crippen LogP contribution is -2.18. The number of hydrogen-bond acceptors (Lipinski definition) is 3. The maximum absolute atomic E-state index is 11.7. The zero-order valence-electron chi connectivity index (χ0n) is 9.23. The molecule has 0 amide bonds. The van der Waals surface area contributed by atoms with Crippen LogP contribution in [0.25, 0.3) is 0 Å². The summed E-state index contributed by atoms with van der Waals surface area (Å²) in [7, 11) is -3.24. The molecule has 1 aliphatic carbocycles. The Morgan fingerprint density at radius 3 is 2.69 bits per heavy atom. The van der Waals surface area contributed by atoms with Gasteiger partial charge in [0.25, 0.3) is 0 Å². The lowest BCUT2D eigenvalue weighted by atomic mass is 10.2. The zero-order chi connectivity index (χ0) is 11.8. The molecule has 88 valence electrons. The average Bonchev–Trinajstić information content (AvgIpc) is 2.93. The van der Waals surface area contributed by atoms with E-state index in [0.717, 1.165) is 18.4 Å². The number of nitrogens with one attached hydrogen (secondary N) is 1. The maximum atomic E-state index is 11.7. The number of hydrogen-bond donors (Lipinski definition) is 2. The molecule has 0 heterocycles. The van der Waals surface area contributed by atoms with Gasteiger partial charge in [0.05, 0.1) is 17.1 Å². The molecule has 3 N–H and O–H groups in total. The van der Waals surface area contributed by atoms with E-state index in [1.165, 1.54) is 0 Å². The van der Waals surface area contributed by atoms with Gasteiger partial charge in [-0.05, 0) is 43.4 Å². The number of sulfonamides is 1. The molecule has 1 aliphatic rings. The Kier molecular flexibility index (Phi) is 2.80. The highest BCUT2D eigenvalue weighted by atomic mass is 32.2.